The first-order valence-corrected chi connectivity index (χ1v) is 10.5. The molecule has 1 aromatic heterocycles. The summed E-state index contributed by atoms with van der Waals surface area (Å²) in [5.74, 6) is 0.821. The van der Waals surface area contributed by atoms with Crippen molar-refractivity contribution in [3.05, 3.63) is 59.7 Å². The van der Waals surface area contributed by atoms with Gasteiger partial charge in [-0.1, -0.05) is 43.9 Å². The molecule has 0 atom stereocenters. The van der Waals surface area contributed by atoms with Crippen molar-refractivity contribution in [1.29, 1.82) is 0 Å². The van der Waals surface area contributed by atoms with E-state index in [1.54, 1.807) is 7.11 Å². The zero-order valence-corrected chi connectivity index (χ0v) is 17.2. The molecule has 4 rings (SSSR count). The van der Waals surface area contributed by atoms with Crippen molar-refractivity contribution in [1.82, 2.24) is 10.3 Å². The number of amides is 1. The smallest absolute Gasteiger partial charge is 0.252 e. The van der Waals surface area contributed by atoms with Crippen LogP contribution in [0.4, 0.5) is 0 Å². The number of aromatic nitrogens is 1. The van der Waals surface area contributed by atoms with Crippen LogP contribution in [0.15, 0.2) is 48.5 Å². The van der Waals surface area contributed by atoms with Crippen LogP contribution in [0.5, 0.6) is 5.75 Å². The topological polar surface area (TPSA) is 51.2 Å². The van der Waals surface area contributed by atoms with Gasteiger partial charge in [-0.05, 0) is 55.7 Å². The lowest BCUT2D eigenvalue weighted by atomic mass is 9.96. The summed E-state index contributed by atoms with van der Waals surface area (Å²) in [6, 6.07) is 16.0. The SMILES string of the molecule is COc1ccc(-c2nc3ccccc3c(C(=O)NC3CCCCCC3)c2C)cc1. The normalized spacial score (nSPS) is 15.1. The van der Waals surface area contributed by atoms with Crippen LogP contribution in [0.25, 0.3) is 22.2 Å². The number of nitrogens with zero attached hydrogens (tertiary/aromatic N) is 1. The minimum Gasteiger partial charge on any atom is -0.497 e. The molecular weight excluding hydrogens is 360 g/mol. The second kappa shape index (κ2) is 8.64. The van der Waals surface area contributed by atoms with Crippen molar-refractivity contribution in [2.75, 3.05) is 7.11 Å². The summed E-state index contributed by atoms with van der Waals surface area (Å²) in [6.45, 7) is 2.00. The van der Waals surface area contributed by atoms with Crippen LogP contribution < -0.4 is 10.1 Å². The van der Waals surface area contributed by atoms with Gasteiger partial charge < -0.3 is 10.1 Å². The summed E-state index contributed by atoms with van der Waals surface area (Å²) in [5.41, 5.74) is 4.33. The van der Waals surface area contributed by atoms with Crippen molar-refractivity contribution in [2.45, 2.75) is 51.5 Å². The molecule has 3 aromatic rings. The van der Waals surface area contributed by atoms with Crippen LogP contribution >= 0.6 is 0 Å². The minimum atomic E-state index is 0.0164. The van der Waals surface area contributed by atoms with E-state index in [1.165, 1.54) is 25.7 Å². The molecule has 1 heterocycles. The highest BCUT2D eigenvalue weighted by molar-refractivity contribution is 6.09. The zero-order valence-electron chi connectivity index (χ0n) is 17.2. The summed E-state index contributed by atoms with van der Waals surface area (Å²) >= 11 is 0. The molecule has 4 heteroatoms. The molecule has 1 aliphatic carbocycles. The van der Waals surface area contributed by atoms with E-state index in [-0.39, 0.29) is 11.9 Å². The Bertz CT molecular complexity index is 1000. The number of methoxy groups -OCH3 is 1. The van der Waals surface area contributed by atoms with Crippen molar-refractivity contribution >= 4 is 16.8 Å². The lowest BCUT2D eigenvalue weighted by molar-refractivity contribution is 0.0934. The van der Waals surface area contributed by atoms with Crippen molar-refractivity contribution < 1.29 is 9.53 Å². The fourth-order valence-corrected chi connectivity index (χ4v) is 4.31. The highest BCUT2D eigenvalue weighted by Gasteiger charge is 2.22. The Morgan fingerprint density at radius 2 is 1.69 bits per heavy atom. The van der Waals surface area contributed by atoms with Gasteiger partial charge in [-0.2, -0.15) is 0 Å². The molecule has 1 saturated carbocycles. The Kier molecular flexibility index (Phi) is 5.79. The number of benzene rings is 2. The van der Waals surface area contributed by atoms with E-state index < -0.39 is 0 Å². The molecule has 0 saturated heterocycles. The number of carbonyl (C=O) groups is 1. The highest BCUT2D eigenvalue weighted by Crippen LogP contribution is 2.31. The third kappa shape index (κ3) is 4.12. The van der Waals surface area contributed by atoms with Crippen LogP contribution in [-0.2, 0) is 0 Å². The van der Waals surface area contributed by atoms with Gasteiger partial charge in [-0.25, -0.2) is 4.98 Å². The van der Waals surface area contributed by atoms with Gasteiger partial charge in [0.15, 0.2) is 0 Å². The number of ether oxygens (including phenoxy) is 1. The molecule has 150 valence electrons. The molecule has 4 nitrogen and oxygen atoms in total. The van der Waals surface area contributed by atoms with Gasteiger partial charge in [0, 0.05) is 17.0 Å². The zero-order chi connectivity index (χ0) is 20.2. The Hall–Kier alpha value is -2.88. The molecule has 0 spiro atoms. The number of carbonyl (C=O) groups excluding carboxylic acids is 1. The Labute approximate surface area is 172 Å². The molecule has 1 aliphatic rings. The fourth-order valence-electron chi connectivity index (χ4n) is 4.31. The lowest BCUT2D eigenvalue weighted by Crippen LogP contribution is -2.35. The third-order valence-corrected chi connectivity index (χ3v) is 5.92. The van der Waals surface area contributed by atoms with E-state index in [9.17, 15) is 4.79 Å². The van der Waals surface area contributed by atoms with Gasteiger partial charge in [0.2, 0.25) is 0 Å². The van der Waals surface area contributed by atoms with Gasteiger partial charge in [-0.3, -0.25) is 4.79 Å². The van der Waals surface area contributed by atoms with Gasteiger partial charge in [0.05, 0.1) is 23.9 Å². The van der Waals surface area contributed by atoms with Gasteiger partial charge in [-0.15, -0.1) is 0 Å². The molecule has 0 aliphatic heterocycles. The maximum atomic E-state index is 13.4. The molecule has 0 bridgehead atoms. The molecule has 29 heavy (non-hydrogen) atoms. The standard InChI is InChI=1S/C25H28N2O2/c1-17-23(25(28)26-19-9-5-3-4-6-10-19)21-11-7-8-12-22(21)27-24(17)18-13-15-20(29-2)16-14-18/h7-8,11-16,19H,3-6,9-10H2,1-2H3,(H,26,28). The summed E-state index contributed by atoms with van der Waals surface area (Å²) in [5, 5.41) is 4.23. The number of fused-ring (bicyclic) bond motifs is 1. The highest BCUT2D eigenvalue weighted by atomic mass is 16.5. The Morgan fingerprint density at radius 3 is 2.38 bits per heavy atom. The lowest BCUT2D eigenvalue weighted by Gasteiger charge is -2.19. The number of pyridine rings is 1. The first-order valence-electron chi connectivity index (χ1n) is 10.5. The molecule has 2 aromatic carbocycles. The second-order valence-corrected chi connectivity index (χ2v) is 7.87. The number of para-hydroxylation sites is 1. The first kappa shape index (κ1) is 19.4. The maximum Gasteiger partial charge on any atom is 0.252 e. The van der Waals surface area contributed by atoms with E-state index in [2.05, 4.69) is 5.32 Å². The number of rotatable bonds is 4. The number of hydrogen-bond donors (Lipinski definition) is 1. The average molecular weight is 389 g/mol. The quantitative estimate of drug-likeness (QED) is 0.586. The van der Waals surface area contributed by atoms with Crippen molar-refractivity contribution in [3.8, 4) is 17.0 Å². The monoisotopic (exact) mass is 388 g/mol. The van der Waals surface area contributed by atoms with Crippen LogP contribution in [0.2, 0.25) is 0 Å². The number of nitrogens with one attached hydrogen (secondary N) is 1. The summed E-state index contributed by atoms with van der Waals surface area (Å²) < 4.78 is 5.28. The average Bonchev–Trinajstić information content (AvgIpc) is 3.02. The molecule has 0 unspecified atom stereocenters. The van der Waals surface area contributed by atoms with Crippen molar-refractivity contribution in [2.24, 2.45) is 0 Å². The van der Waals surface area contributed by atoms with E-state index in [1.807, 2.05) is 55.5 Å². The number of hydrogen-bond acceptors (Lipinski definition) is 3. The summed E-state index contributed by atoms with van der Waals surface area (Å²) in [4.78, 5) is 18.3. The van der Waals surface area contributed by atoms with Crippen LogP contribution in [0.3, 0.4) is 0 Å². The van der Waals surface area contributed by atoms with Crippen molar-refractivity contribution in [3.63, 3.8) is 0 Å². The predicted molar refractivity (Wildman–Crippen MR) is 117 cm³/mol. The maximum absolute atomic E-state index is 13.4. The summed E-state index contributed by atoms with van der Waals surface area (Å²) in [7, 11) is 1.66. The van der Waals surface area contributed by atoms with Gasteiger partial charge >= 0.3 is 0 Å². The van der Waals surface area contributed by atoms with Crippen LogP contribution in [0.1, 0.15) is 54.4 Å². The fraction of sp³-hybridized carbons (Fsp3) is 0.360. The Balaban J connectivity index is 1.76. The van der Waals surface area contributed by atoms with E-state index in [0.29, 0.717) is 0 Å². The first-order chi connectivity index (χ1) is 14.2. The predicted octanol–water partition coefficient (Wildman–Crippen LogP) is 5.67. The van der Waals surface area contributed by atoms with Gasteiger partial charge in [0.1, 0.15) is 5.75 Å². The molecule has 1 amide bonds. The summed E-state index contributed by atoms with van der Waals surface area (Å²) in [6.07, 6.45) is 7.06. The van der Waals surface area contributed by atoms with Crippen LogP contribution in [-0.4, -0.2) is 24.0 Å². The van der Waals surface area contributed by atoms with E-state index in [0.717, 1.165) is 51.9 Å². The van der Waals surface area contributed by atoms with Gasteiger partial charge in [0.25, 0.3) is 5.91 Å². The Morgan fingerprint density at radius 1 is 1.00 bits per heavy atom. The molecular formula is C25H28N2O2. The molecule has 0 radical (unpaired) electrons. The minimum absolute atomic E-state index is 0.0164. The molecule has 1 fully saturated rings. The third-order valence-electron chi connectivity index (χ3n) is 5.92. The van der Waals surface area contributed by atoms with Crippen LogP contribution in [0, 0.1) is 6.92 Å². The second-order valence-electron chi connectivity index (χ2n) is 7.87. The van der Waals surface area contributed by atoms with E-state index in [4.69, 9.17) is 9.72 Å². The van der Waals surface area contributed by atoms with E-state index >= 15 is 0 Å². The molecule has 1 N–H and O–H groups in total. The largest absolute Gasteiger partial charge is 0.497 e.